The van der Waals surface area contributed by atoms with Crippen LogP contribution in [0.2, 0.25) is 0 Å². The minimum atomic E-state index is -0.550. The fourth-order valence-corrected chi connectivity index (χ4v) is 2.14. The molecule has 0 amide bonds. The number of rotatable bonds is 3. The lowest BCUT2D eigenvalue weighted by Crippen LogP contribution is -2.08. The topological polar surface area (TPSA) is 69.4 Å². The van der Waals surface area contributed by atoms with Gasteiger partial charge in [-0.25, -0.2) is 4.79 Å². The zero-order valence-electron chi connectivity index (χ0n) is 11.4. The number of nitrogens with zero attached hydrogens (tertiary/aromatic N) is 1. The van der Waals surface area contributed by atoms with Gasteiger partial charge in [-0.1, -0.05) is 36.4 Å². The van der Waals surface area contributed by atoms with Gasteiger partial charge in [-0.3, -0.25) is 10.1 Å². The molecular formula is C17H11NO4. The summed E-state index contributed by atoms with van der Waals surface area (Å²) < 4.78 is 5.20. The van der Waals surface area contributed by atoms with E-state index in [4.69, 9.17) is 4.74 Å². The van der Waals surface area contributed by atoms with Crippen LogP contribution < -0.4 is 4.74 Å². The Morgan fingerprint density at radius 3 is 2.45 bits per heavy atom. The quantitative estimate of drug-likeness (QED) is 0.317. The molecule has 0 aliphatic rings. The van der Waals surface area contributed by atoms with Crippen molar-refractivity contribution in [1.29, 1.82) is 0 Å². The summed E-state index contributed by atoms with van der Waals surface area (Å²) in [7, 11) is 0. The van der Waals surface area contributed by atoms with Crippen LogP contribution in [-0.2, 0) is 0 Å². The Morgan fingerprint density at radius 1 is 0.909 bits per heavy atom. The second kappa shape index (κ2) is 5.65. The van der Waals surface area contributed by atoms with Crippen molar-refractivity contribution in [3.63, 3.8) is 0 Å². The first kappa shape index (κ1) is 13.8. The molecule has 0 N–H and O–H groups in total. The molecule has 22 heavy (non-hydrogen) atoms. The van der Waals surface area contributed by atoms with Crippen molar-refractivity contribution in [2.75, 3.05) is 0 Å². The summed E-state index contributed by atoms with van der Waals surface area (Å²) >= 11 is 0. The van der Waals surface area contributed by atoms with Crippen LogP contribution in [0, 0.1) is 10.1 Å². The number of fused-ring (bicyclic) bond motifs is 1. The minimum Gasteiger partial charge on any atom is -0.423 e. The lowest BCUT2D eigenvalue weighted by atomic mass is 10.1. The van der Waals surface area contributed by atoms with Gasteiger partial charge in [0.25, 0.3) is 5.69 Å². The molecule has 5 heteroatoms. The largest absolute Gasteiger partial charge is 0.423 e. The van der Waals surface area contributed by atoms with E-state index in [1.54, 1.807) is 12.1 Å². The average molecular weight is 293 g/mol. The second-order valence-corrected chi connectivity index (χ2v) is 4.71. The number of carbonyl (C=O) groups excluding carboxylic acids is 1. The first-order valence-electron chi connectivity index (χ1n) is 6.59. The summed E-state index contributed by atoms with van der Waals surface area (Å²) in [6.07, 6.45) is 0. The van der Waals surface area contributed by atoms with E-state index in [0.29, 0.717) is 5.56 Å². The standard InChI is InChI=1S/C17H11NO4/c19-17(22-16-7-3-6-15(11-16)18(20)21)14-9-8-12-4-1-2-5-13(12)10-14/h1-11H. The number of non-ortho nitro benzene ring substituents is 1. The first-order valence-corrected chi connectivity index (χ1v) is 6.59. The highest BCUT2D eigenvalue weighted by atomic mass is 16.6. The lowest BCUT2D eigenvalue weighted by molar-refractivity contribution is -0.384. The molecule has 3 aromatic rings. The van der Waals surface area contributed by atoms with Crippen molar-refractivity contribution in [3.8, 4) is 5.75 Å². The Hall–Kier alpha value is -3.21. The van der Waals surface area contributed by atoms with E-state index in [9.17, 15) is 14.9 Å². The Labute approximate surface area is 125 Å². The van der Waals surface area contributed by atoms with Gasteiger partial charge in [0.05, 0.1) is 16.6 Å². The number of nitro groups is 1. The summed E-state index contributed by atoms with van der Waals surface area (Å²) in [6, 6.07) is 18.4. The number of carbonyl (C=O) groups is 1. The summed E-state index contributed by atoms with van der Waals surface area (Å²) in [4.78, 5) is 22.3. The number of esters is 1. The number of benzene rings is 3. The molecule has 0 bridgehead atoms. The summed E-state index contributed by atoms with van der Waals surface area (Å²) in [6.45, 7) is 0. The van der Waals surface area contributed by atoms with Crippen LogP contribution in [0.25, 0.3) is 10.8 Å². The van der Waals surface area contributed by atoms with Crippen LogP contribution in [0.15, 0.2) is 66.7 Å². The molecule has 0 unspecified atom stereocenters. The van der Waals surface area contributed by atoms with Crippen molar-refractivity contribution in [2.24, 2.45) is 0 Å². The van der Waals surface area contributed by atoms with E-state index < -0.39 is 10.9 Å². The third-order valence-corrected chi connectivity index (χ3v) is 3.22. The van der Waals surface area contributed by atoms with Gasteiger partial charge in [-0.15, -0.1) is 0 Å². The average Bonchev–Trinajstić information content (AvgIpc) is 2.54. The third kappa shape index (κ3) is 2.78. The molecule has 0 fully saturated rings. The van der Waals surface area contributed by atoms with Crippen molar-refractivity contribution < 1.29 is 14.5 Å². The number of hydrogen-bond acceptors (Lipinski definition) is 4. The zero-order chi connectivity index (χ0) is 15.5. The van der Waals surface area contributed by atoms with E-state index in [-0.39, 0.29) is 11.4 Å². The molecular weight excluding hydrogens is 282 g/mol. The number of nitro benzene ring substituents is 1. The highest BCUT2D eigenvalue weighted by molar-refractivity contribution is 5.96. The molecule has 0 heterocycles. The number of hydrogen-bond donors (Lipinski definition) is 0. The summed E-state index contributed by atoms with van der Waals surface area (Å²) in [5, 5.41) is 12.7. The van der Waals surface area contributed by atoms with Gasteiger partial charge < -0.3 is 4.74 Å². The Kier molecular flexibility index (Phi) is 3.53. The van der Waals surface area contributed by atoms with Crippen LogP contribution in [0.1, 0.15) is 10.4 Å². The van der Waals surface area contributed by atoms with Gasteiger partial charge in [0.2, 0.25) is 0 Å². The van der Waals surface area contributed by atoms with Gasteiger partial charge in [0, 0.05) is 6.07 Å². The van der Waals surface area contributed by atoms with E-state index in [0.717, 1.165) is 10.8 Å². The van der Waals surface area contributed by atoms with Crippen molar-refractivity contribution >= 4 is 22.4 Å². The fraction of sp³-hybridized carbons (Fsp3) is 0. The lowest BCUT2D eigenvalue weighted by Gasteiger charge is -2.05. The maximum atomic E-state index is 12.1. The zero-order valence-corrected chi connectivity index (χ0v) is 11.4. The second-order valence-electron chi connectivity index (χ2n) is 4.71. The smallest absolute Gasteiger partial charge is 0.343 e. The van der Waals surface area contributed by atoms with Gasteiger partial charge in [0.1, 0.15) is 5.75 Å². The third-order valence-electron chi connectivity index (χ3n) is 3.22. The van der Waals surface area contributed by atoms with Gasteiger partial charge in [-0.2, -0.15) is 0 Å². The Morgan fingerprint density at radius 2 is 1.68 bits per heavy atom. The molecule has 0 spiro atoms. The van der Waals surface area contributed by atoms with Crippen molar-refractivity contribution in [3.05, 3.63) is 82.4 Å². The fourth-order valence-electron chi connectivity index (χ4n) is 2.14. The molecule has 108 valence electrons. The van der Waals surface area contributed by atoms with Gasteiger partial charge in [0.15, 0.2) is 0 Å². The molecule has 3 rings (SSSR count). The van der Waals surface area contributed by atoms with E-state index in [1.807, 2.05) is 30.3 Å². The van der Waals surface area contributed by atoms with Crippen molar-refractivity contribution in [1.82, 2.24) is 0 Å². The molecule has 0 aromatic heterocycles. The molecule has 0 aliphatic carbocycles. The monoisotopic (exact) mass is 293 g/mol. The highest BCUT2D eigenvalue weighted by Crippen LogP contribution is 2.21. The van der Waals surface area contributed by atoms with Crippen LogP contribution in [0.5, 0.6) is 5.75 Å². The maximum absolute atomic E-state index is 12.1. The molecule has 5 nitrogen and oxygen atoms in total. The van der Waals surface area contributed by atoms with Crippen LogP contribution in [0.3, 0.4) is 0 Å². The van der Waals surface area contributed by atoms with Crippen molar-refractivity contribution in [2.45, 2.75) is 0 Å². The molecule has 0 saturated heterocycles. The Balaban J connectivity index is 1.86. The van der Waals surface area contributed by atoms with E-state index in [2.05, 4.69) is 0 Å². The van der Waals surface area contributed by atoms with Gasteiger partial charge in [-0.05, 0) is 29.0 Å². The maximum Gasteiger partial charge on any atom is 0.343 e. The summed E-state index contributed by atoms with van der Waals surface area (Å²) in [5.41, 5.74) is 0.272. The van der Waals surface area contributed by atoms with Crippen LogP contribution in [-0.4, -0.2) is 10.9 Å². The highest BCUT2D eigenvalue weighted by Gasteiger charge is 2.12. The molecule has 0 atom stereocenters. The molecule has 3 aromatic carbocycles. The van der Waals surface area contributed by atoms with Crippen LogP contribution >= 0.6 is 0 Å². The molecule has 0 saturated carbocycles. The van der Waals surface area contributed by atoms with Crippen LogP contribution in [0.4, 0.5) is 5.69 Å². The number of ether oxygens (including phenoxy) is 1. The summed E-state index contributed by atoms with van der Waals surface area (Å²) in [5.74, 6) is -0.404. The molecule has 0 aliphatic heterocycles. The van der Waals surface area contributed by atoms with E-state index >= 15 is 0 Å². The minimum absolute atomic E-state index is 0.121. The predicted octanol–water partition coefficient (Wildman–Crippen LogP) is 3.97. The van der Waals surface area contributed by atoms with Gasteiger partial charge >= 0.3 is 5.97 Å². The normalized spacial score (nSPS) is 10.4. The molecule has 0 radical (unpaired) electrons. The Bertz CT molecular complexity index is 873. The van der Waals surface area contributed by atoms with E-state index in [1.165, 1.54) is 24.3 Å². The SMILES string of the molecule is O=C(Oc1cccc([N+](=O)[O-])c1)c1ccc2ccccc2c1. The first-order chi connectivity index (χ1) is 10.6. The predicted molar refractivity (Wildman–Crippen MR) is 82.0 cm³/mol.